The van der Waals surface area contributed by atoms with E-state index in [1.54, 1.807) is 4.90 Å². The number of primary amides is 1. The molecule has 0 radical (unpaired) electrons. The molecule has 0 aromatic heterocycles. The zero-order valence-electron chi connectivity index (χ0n) is 11.5. The Morgan fingerprint density at radius 1 is 1.17 bits per heavy atom. The summed E-state index contributed by atoms with van der Waals surface area (Å²) in [4.78, 5) is 24.8. The summed E-state index contributed by atoms with van der Waals surface area (Å²) >= 11 is 0. The fourth-order valence-corrected chi connectivity index (χ4v) is 2.56. The van der Waals surface area contributed by atoms with Gasteiger partial charge in [-0.1, -0.05) is 39.0 Å². The Morgan fingerprint density at radius 2 is 1.83 bits per heavy atom. The van der Waals surface area contributed by atoms with Gasteiger partial charge in [0, 0.05) is 13.0 Å². The van der Waals surface area contributed by atoms with Crippen LogP contribution in [-0.4, -0.2) is 29.3 Å². The lowest BCUT2D eigenvalue weighted by Gasteiger charge is -2.22. The van der Waals surface area contributed by atoms with Gasteiger partial charge in [0.2, 0.25) is 11.8 Å². The van der Waals surface area contributed by atoms with Gasteiger partial charge >= 0.3 is 0 Å². The van der Waals surface area contributed by atoms with Gasteiger partial charge in [0.05, 0.1) is 0 Å². The van der Waals surface area contributed by atoms with Gasteiger partial charge in [-0.05, 0) is 19.3 Å². The van der Waals surface area contributed by atoms with Gasteiger partial charge in [-0.15, -0.1) is 0 Å². The number of carbonyl (C=O) groups excluding carboxylic acids is 2. The normalized spacial score (nSPS) is 19.2. The van der Waals surface area contributed by atoms with Crippen LogP contribution in [-0.2, 0) is 9.59 Å². The average molecular weight is 254 g/mol. The number of amides is 2. The second kappa shape index (κ2) is 8.11. The second-order valence-electron chi connectivity index (χ2n) is 5.17. The summed E-state index contributed by atoms with van der Waals surface area (Å²) in [5, 5.41) is 0. The highest BCUT2D eigenvalue weighted by molar-refractivity contribution is 5.87. The zero-order chi connectivity index (χ0) is 13.4. The van der Waals surface area contributed by atoms with Crippen molar-refractivity contribution in [2.45, 2.75) is 70.8 Å². The Kier molecular flexibility index (Phi) is 6.76. The molecule has 1 aliphatic heterocycles. The first-order valence-electron chi connectivity index (χ1n) is 7.25. The minimum atomic E-state index is -0.358. The molecule has 0 unspecified atom stereocenters. The average Bonchev–Trinajstić information content (AvgIpc) is 2.82. The molecule has 0 aromatic rings. The van der Waals surface area contributed by atoms with E-state index < -0.39 is 0 Å². The van der Waals surface area contributed by atoms with Crippen LogP contribution in [0.1, 0.15) is 64.7 Å². The number of unbranched alkanes of at least 4 members (excludes halogenated alkanes) is 5. The van der Waals surface area contributed by atoms with Gasteiger partial charge in [-0.2, -0.15) is 0 Å². The molecule has 2 amide bonds. The van der Waals surface area contributed by atoms with E-state index >= 15 is 0 Å². The first-order valence-corrected chi connectivity index (χ1v) is 7.25. The maximum Gasteiger partial charge on any atom is 0.240 e. The smallest absolute Gasteiger partial charge is 0.240 e. The molecule has 4 heteroatoms. The standard InChI is InChI=1S/C14H26N2O2/c1-2-3-4-5-6-7-10-13(17)16-11-8-9-12(16)14(15)18/h12H,2-11H2,1H3,(H2,15,18)/t12-/m0/s1. The largest absolute Gasteiger partial charge is 0.368 e. The SMILES string of the molecule is CCCCCCCCC(=O)N1CCC[C@H]1C(N)=O. The van der Waals surface area contributed by atoms with Gasteiger partial charge in [0.25, 0.3) is 0 Å². The maximum atomic E-state index is 12.0. The van der Waals surface area contributed by atoms with Crippen molar-refractivity contribution in [3.63, 3.8) is 0 Å². The van der Waals surface area contributed by atoms with Crippen LogP contribution >= 0.6 is 0 Å². The van der Waals surface area contributed by atoms with Gasteiger partial charge in [-0.25, -0.2) is 0 Å². The molecular formula is C14H26N2O2. The van der Waals surface area contributed by atoms with Crippen LogP contribution in [0.3, 0.4) is 0 Å². The third-order valence-electron chi connectivity index (χ3n) is 3.65. The van der Waals surface area contributed by atoms with Crippen LogP contribution in [0.15, 0.2) is 0 Å². The van der Waals surface area contributed by atoms with Crippen molar-refractivity contribution in [2.24, 2.45) is 5.73 Å². The van der Waals surface area contributed by atoms with Crippen molar-refractivity contribution in [1.82, 2.24) is 4.90 Å². The van der Waals surface area contributed by atoms with Crippen LogP contribution < -0.4 is 5.73 Å². The number of hydrogen-bond donors (Lipinski definition) is 1. The molecule has 4 nitrogen and oxygen atoms in total. The van der Waals surface area contributed by atoms with Crippen LogP contribution in [0.2, 0.25) is 0 Å². The number of hydrogen-bond acceptors (Lipinski definition) is 2. The van der Waals surface area contributed by atoms with Gasteiger partial charge < -0.3 is 10.6 Å². The topological polar surface area (TPSA) is 63.4 Å². The second-order valence-corrected chi connectivity index (χ2v) is 5.17. The lowest BCUT2D eigenvalue weighted by atomic mass is 10.1. The number of rotatable bonds is 8. The highest BCUT2D eigenvalue weighted by Gasteiger charge is 2.31. The molecule has 0 aromatic carbocycles. The Hall–Kier alpha value is -1.06. The Bertz CT molecular complexity index is 279. The van der Waals surface area contributed by atoms with Gasteiger partial charge in [-0.3, -0.25) is 9.59 Å². The van der Waals surface area contributed by atoms with Crippen LogP contribution in [0.4, 0.5) is 0 Å². The summed E-state index contributed by atoms with van der Waals surface area (Å²) < 4.78 is 0. The highest BCUT2D eigenvalue weighted by atomic mass is 16.2. The summed E-state index contributed by atoms with van der Waals surface area (Å²) in [6.07, 6.45) is 9.24. The fourth-order valence-electron chi connectivity index (χ4n) is 2.56. The molecule has 104 valence electrons. The summed E-state index contributed by atoms with van der Waals surface area (Å²) in [5.74, 6) is -0.254. The molecule has 2 N–H and O–H groups in total. The monoisotopic (exact) mass is 254 g/mol. The van der Waals surface area contributed by atoms with E-state index in [2.05, 4.69) is 6.92 Å². The quantitative estimate of drug-likeness (QED) is 0.675. The maximum absolute atomic E-state index is 12.0. The molecule has 1 atom stereocenters. The van der Waals surface area contributed by atoms with Crippen LogP contribution in [0.25, 0.3) is 0 Å². The summed E-state index contributed by atoms with van der Waals surface area (Å²) in [6.45, 7) is 2.89. The predicted octanol–water partition coefficient (Wildman–Crippen LogP) is 2.21. The van der Waals surface area contributed by atoms with E-state index in [1.165, 1.54) is 25.7 Å². The Labute approximate surface area is 110 Å². The lowest BCUT2D eigenvalue weighted by molar-refractivity contribution is -0.137. The van der Waals surface area contributed by atoms with Gasteiger partial charge in [0.15, 0.2) is 0 Å². The number of likely N-dealkylation sites (tertiary alicyclic amines) is 1. The third kappa shape index (κ3) is 4.67. The number of nitrogens with two attached hydrogens (primary N) is 1. The molecule has 1 fully saturated rings. The molecular weight excluding hydrogens is 228 g/mol. The first-order chi connectivity index (χ1) is 8.66. The van der Waals surface area contributed by atoms with E-state index in [-0.39, 0.29) is 17.9 Å². The lowest BCUT2D eigenvalue weighted by Crippen LogP contribution is -2.43. The van der Waals surface area contributed by atoms with Crippen molar-refractivity contribution in [1.29, 1.82) is 0 Å². The molecule has 0 bridgehead atoms. The summed E-state index contributed by atoms with van der Waals surface area (Å²) in [5.41, 5.74) is 5.30. The molecule has 1 aliphatic rings. The van der Waals surface area contributed by atoms with Crippen molar-refractivity contribution in [3.05, 3.63) is 0 Å². The van der Waals surface area contributed by atoms with E-state index in [0.717, 1.165) is 25.7 Å². The Balaban J connectivity index is 2.18. The molecule has 1 rings (SSSR count). The third-order valence-corrected chi connectivity index (χ3v) is 3.65. The van der Waals surface area contributed by atoms with E-state index in [1.807, 2.05) is 0 Å². The molecule has 0 spiro atoms. The minimum absolute atomic E-state index is 0.104. The van der Waals surface area contributed by atoms with E-state index in [4.69, 9.17) is 5.73 Å². The predicted molar refractivity (Wildman–Crippen MR) is 71.9 cm³/mol. The van der Waals surface area contributed by atoms with E-state index in [9.17, 15) is 9.59 Å². The van der Waals surface area contributed by atoms with Crippen molar-refractivity contribution in [2.75, 3.05) is 6.54 Å². The first kappa shape index (κ1) is 15.0. The fraction of sp³-hybridized carbons (Fsp3) is 0.857. The van der Waals surface area contributed by atoms with Crippen molar-refractivity contribution in [3.8, 4) is 0 Å². The van der Waals surface area contributed by atoms with Crippen molar-refractivity contribution >= 4 is 11.8 Å². The number of nitrogens with zero attached hydrogens (tertiary/aromatic N) is 1. The molecule has 18 heavy (non-hydrogen) atoms. The molecule has 1 heterocycles. The van der Waals surface area contributed by atoms with E-state index in [0.29, 0.717) is 13.0 Å². The van der Waals surface area contributed by atoms with Crippen LogP contribution in [0.5, 0.6) is 0 Å². The number of carbonyl (C=O) groups is 2. The molecule has 1 saturated heterocycles. The summed E-state index contributed by atoms with van der Waals surface area (Å²) in [6, 6.07) is -0.349. The minimum Gasteiger partial charge on any atom is -0.368 e. The molecule has 0 aliphatic carbocycles. The van der Waals surface area contributed by atoms with Gasteiger partial charge in [0.1, 0.15) is 6.04 Å². The van der Waals surface area contributed by atoms with Crippen molar-refractivity contribution < 1.29 is 9.59 Å². The highest BCUT2D eigenvalue weighted by Crippen LogP contribution is 2.19. The molecule has 0 saturated carbocycles. The summed E-state index contributed by atoms with van der Waals surface area (Å²) in [7, 11) is 0. The van der Waals surface area contributed by atoms with Crippen LogP contribution in [0, 0.1) is 0 Å². The Morgan fingerprint density at radius 3 is 2.50 bits per heavy atom. The zero-order valence-corrected chi connectivity index (χ0v) is 11.5.